The molecule has 0 aromatic heterocycles. The third kappa shape index (κ3) is 2.73. The summed E-state index contributed by atoms with van der Waals surface area (Å²) in [6.07, 6.45) is 3.31. The Morgan fingerprint density at radius 3 is 2.68 bits per heavy atom. The first kappa shape index (κ1) is 16.2. The molecule has 134 valence electrons. The van der Waals surface area contributed by atoms with Crippen LogP contribution in [0.5, 0.6) is 0 Å². The molecule has 25 heavy (non-hydrogen) atoms. The number of urea groups is 1. The Labute approximate surface area is 148 Å². The van der Waals surface area contributed by atoms with Crippen molar-refractivity contribution in [2.75, 3.05) is 13.1 Å². The van der Waals surface area contributed by atoms with Crippen molar-refractivity contribution in [1.29, 1.82) is 0 Å². The number of piperidine rings is 2. The lowest BCUT2D eigenvalue weighted by molar-refractivity contribution is -0.163. The second kappa shape index (κ2) is 6.24. The molecular weight excluding hydrogens is 318 g/mol. The van der Waals surface area contributed by atoms with Gasteiger partial charge in [-0.3, -0.25) is 0 Å². The molecule has 2 bridgehead atoms. The number of ether oxygens (including phenoxy) is 1. The molecule has 5 rings (SSSR count). The average molecular weight is 343 g/mol. The normalized spacial score (nSPS) is 30.7. The molecule has 1 aromatic carbocycles. The van der Waals surface area contributed by atoms with Gasteiger partial charge in [-0.05, 0) is 38.2 Å². The average Bonchev–Trinajstić information content (AvgIpc) is 2.62. The van der Waals surface area contributed by atoms with Gasteiger partial charge >= 0.3 is 12.1 Å². The van der Waals surface area contributed by atoms with E-state index in [0.717, 1.165) is 31.2 Å². The van der Waals surface area contributed by atoms with Gasteiger partial charge in [-0.1, -0.05) is 30.3 Å². The fourth-order valence-electron chi connectivity index (χ4n) is 4.64. The SMILES string of the molecule is CCNC(=O)N1C2CCC3(CC2)OC(=O)N(Cc2ccccc2)CC13. The van der Waals surface area contributed by atoms with E-state index in [2.05, 4.69) is 5.32 Å². The van der Waals surface area contributed by atoms with Crippen molar-refractivity contribution in [2.24, 2.45) is 0 Å². The predicted molar refractivity (Wildman–Crippen MR) is 93.0 cm³/mol. The molecule has 3 aliphatic heterocycles. The maximum Gasteiger partial charge on any atom is 0.410 e. The largest absolute Gasteiger partial charge is 0.441 e. The topological polar surface area (TPSA) is 61.9 Å². The van der Waals surface area contributed by atoms with Crippen LogP contribution in [0.2, 0.25) is 0 Å². The predicted octanol–water partition coefficient (Wildman–Crippen LogP) is 2.73. The van der Waals surface area contributed by atoms with E-state index in [1.807, 2.05) is 42.2 Å². The van der Waals surface area contributed by atoms with Crippen LogP contribution in [0.4, 0.5) is 9.59 Å². The van der Waals surface area contributed by atoms with Gasteiger partial charge < -0.3 is 19.9 Å². The lowest BCUT2D eigenvalue weighted by atomic mass is 9.70. The highest BCUT2D eigenvalue weighted by molar-refractivity contribution is 5.77. The monoisotopic (exact) mass is 343 g/mol. The van der Waals surface area contributed by atoms with Crippen molar-refractivity contribution >= 4 is 12.1 Å². The van der Waals surface area contributed by atoms with Crippen molar-refractivity contribution in [3.8, 4) is 0 Å². The first-order valence-electron chi connectivity index (χ1n) is 9.21. The Kier molecular flexibility index (Phi) is 4.06. The van der Waals surface area contributed by atoms with Gasteiger partial charge in [-0.15, -0.1) is 0 Å². The quantitative estimate of drug-likeness (QED) is 0.918. The molecule has 1 saturated carbocycles. The van der Waals surface area contributed by atoms with E-state index in [1.165, 1.54) is 0 Å². The number of benzene rings is 1. The Morgan fingerprint density at radius 1 is 1.28 bits per heavy atom. The van der Waals surface area contributed by atoms with Gasteiger partial charge in [0.15, 0.2) is 0 Å². The Bertz CT molecular complexity index is 655. The van der Waals surface area contributed by atoms with Gasteiger partial charge in [-0.2, -0.15) is 0 Å². The zero-order valence-electron chi connectivity index (χ0n) is 14.6. The molecule has 1 spiro atoms. The highest BCUT2D eigenvalue weighted by Gasteiger charge is 2.59. The van der Waals surface area contributed by atoms with Gasteiger partial charge in [-0.25, -0.2) is 9.59 Å². The number of nitrogens with one attached hydrogen (secondary N) is 1. The van der Waals surface area contributed by atoms with Gasteiger partial charge in [0.1, 0.15) is 5.60 Å². The first-order chi connectivity index (χ1) is 12.1. The molecule has 3 amide bonds. The summed E-state index contributed by atoms with van der Waals surface area (Å²) in [4.78, 5) is 29.0. The summed E-state index contributed by atoms with van der Waals surface area (Å²) >= 11 is 0. The second-order valence-electron chi connectivity index (χ2n) is 7.29. The molecule has 4 aliphatic rings. The van der Waals surface area contributed by atoms with E-state index in [0.29, 0.717) is 19.6 Å². The highest BCUT2D eigenvalue weighted by atomic mass is 16.6. The Morgan fingerprint density at radius 2 is 2.00 bits per heavy atom. The molecule has 4 fully saturated rings. The molecule has 1 aliphatic carbocycles. The van der Waals surface area contributed by atoms with Crippen LogP contribution in [0.15, 0.2) is 30.3 Å². The molecule has 6 heteroatoms. The van der Waals surface area contributed by atoms with E-state index in [4.69, 9.17) is 4.74 Å². The number of nitrogens with zero attached hydrogens (tertiary/aromatic N) is 2. The van der Waals surface area contributed by atoms with Gasteiger partial charge in [0.2, 0.25) is 0 Å². The van der Waals surface area contributed by atoms with Gasteiger partial charge in [0.25, 0.3) is 0 Å². The summed E-state index contributed by atoms with van der Waals surface area (Å²) in [7, 11) is 0. The summed E-state index contributed by atoms with van der Waals surface area (Å²) in [6.45, 7) is 3.59. The van der Waals surface area contributed by atoms with Crippen LogP contribution in [0.1, 0.15) is 38.2 Å². The minimum absolute atomic E-state index is 0.0288. The lowest BCUT2D eigenvalue weighted by Gasteiger charge is -2.60. The number of hydrogen-bond acceptors (Lipinski definition) is 3. The molecule has 3 heterocycles. The minimum Gasteiger partial charge on any atom is -0.441 e. The standard InChI is InChI=1S/C19H25N3O3/c1-2-20-17(23)22-15-8-10-19(11-9-15)16(22)13-21(18(24)25-19)12-14-6-4-3-5-7-14/h3-7,15-16H,2,8-13H2,1H3,(H,20,23). The Balaban J connectivity index is 1.58. The Hall–Kier alpha value is -2.24. The molecule has 0 radical (unpaired) electrons. The summed E-state index contributed by atoms with van der Waals surface area (Å²) in [5.74, 6) is 0. The molecule has 1 atom stereocenters. The number of carbonyl (C=O) groups is 2. The van der Waals surface area contributed by atoms with E-state index in [1.54, 1.807) is 4.90 Å². The third-order valence-corrected chi connectivity index (χ3v) is 5.86. The van der Waals surface area contributed by atoms with E-state index in [9.17, 15) is 9.59 Å². The first-order valence-corrected chi connectivity index (χ1v) is 9.21. The summed E-state index contributed by atoms with van der Waals surface area (Å²) in [6, 6.07) is 10.1. The molecule has 1 unspecified atom stereocenters. The van der Waals surface area contributed by atoms with Gasteiger partial charge in [0, 0.05) is 25.7 Å². The molecule has 1 N–H and O–H groups in total. The molecule has 6 nitrogen and oxygen atoms in total. The summed E-state index contributed by atoms with van der Waals surface area (Å²) < 4.78 is 5.97. The molecular formula is C19H25N3O3. The second-order valence-corrected chi connectivity index (χ2v) is 7.29. The van der Waals surface area contributed by atoms with E-state index in [-0.39, 0.29) is 24.2 Å². The van der Waals surface area contributed by atoms with E-state index < -0.39 is 5.60 Å². The van der Waals surface area contributed by atoms with Crippen LogP contribution in [0.25, 0.3) is 0 Å². The number of amides is 3. The van der Waals surface area contributed by atoms with Crippen molar-refractivity contribution < 1.29 is 14.3 Å². The van der Waals surface area contributed by atoms with Crippen molar-refractivity contribution in [3.63, 3.8) is 0 Å². The van der Waals surface area contributed by atoms with E-state index >= 15 is 0 Å². The van der Waals surface area contributed by atoms with Crippen molar-refractivity contribution in [1.82, 2.24) is 15.1 Å². The maximum atomic E-state index is 12.6. The van der Waals surface area contributed by atoms with Crippen molar-refractivity contribution in [2.45, 2.75) is 56.8 Å². The number of hydrogen-bond donors (Lipinski definition) is 1. The van der Waals surface area contributed by atoms with Gasteiger partial charge in [0.05, 0.1) is 6.04 Å². The smallest absolute Gasteiger partial charge is 0.410 e. The fourth-order valence-corrected chi connectivity index (χ4v) is 4.64. The van der Waals surface area contributed by atoms with Crippen LogP contribution in [-0.4, -0.2) is 52.7 Å². The zero-order valence-corrected chi connectivity index (χ0v) is 14.6. The maximum absolute atomic E-state index is 12.6. The zero-order chi connectivity index (χ0) is 17.4. The fraction of sp³-hybridized carbons (Fsp3) is 0.579. The van der Waals surface area contributed by atoms with Crippen molar-refractivity contribution in [3.05, 3.63) is 35.9 Å². The number of carbonyl (C=O) groups excluding carboxylic acids is 2. The summed E-state index contributed by atoms with van der Waals surface area (Å²) in [5.41, 5.74) is 0.574. The third-order valence-electron chi connectivity index (χ3n) is 5.86. The van der Waals surface area contributed by atoms with Crippen LogP contribution < -0.4 is 5.32 Å². The minimum atomic E-state index is -0.496. The highest BCUT2D eigenvalue weighted by Crippen LogP contribution is 2.47. The number of fused-ring (bicyclic) bond motifs is 2. The summed E-state index contributed by atoms with van der Waals surface area (Å²) in [5, 5.41) is 2.93. The van der Waals surface area contributed by atoms with Crippen LogP contribution in [-0.2, 0) is 11.3 Å². The molecule has 1 aromatic rings. The number of rotatable bonds is 3. The van der Waals surface area contributed by atoms with Crippen LogP contribution in [0, 0.1) is 0 Å². The van der Waals surface area contributed by atoms with Crippen LogP contribution >= 0.6 is 0 Å². The lowest BCUT2D eigenvalue weighted by Crippen LogP contribution is -2.74. The van der Waals surface area contributed by atoms with Crippen LogP contribution in [0.3, 0.4) is 0 Å². The molecule has 3 saturated heterocycles.